The van der Waals surface area contributed by atoms with Crippen LogP contribution < -0.4 is 10.9 Å². The molecule has 0 radical (unpaired) electrons. The predicted molar refractivity (Wildman–Crippen MR) is 72.9 cm³/mol. The van der Waals surface area contributed by atoms with Crippen molar-refractivity contribution in [2.45, 2.75) is 13.0 Å². The Morgan fingerprint density at radius 2 is 2.21 bits per heavy atom. The lowest BCUT2D eigenvalue weighted by molar-refractivity contribution is 0.623. The fourth-order valence-corrected chi connectivity index (χ4v) is 1.93. The normalized spacial score (nSPS) is 12.2. The lowest BCUT2D eigenvalue weighted by Crippen LogP contribution is -2.21. The topological polar surface area (TPSA) is 46.9 Å². The zero-order valence-electron chi connectivity index (χ0n) is 10.5. The molecule has 0 aliphatic heterocycles. The van der Waals surface area contributed by atoms with E-state index in [4.69, 9.17) is 11.6 Å². The molecule has 0 amide bonds. The van der Waals surface area contributed by atoms with Crippen molar-refractivity contribution in [1.29, 1.82) is 0 Å². The van der Waals surface area contributed by atoms with Gasteiger partial charge in [0.15, 0.2) is 0 Å². The Morgan fingerprint density at radius 3 is 2.89 bits per heavy atom. The van der Waals surface area contributed by atoms with Gasteiger partial charge < -0.3 is 5.32 Å². The molecule has 1 N–H and O–H groups in total. The standard InChI is InChI=1S/C13H13ClFN3O/c1-8(9-4-3-5-10(15)6-9)17-11-7-16-18(2)13(19)12(11)14/h3-8,17H,1-2H3. The van der Waals surface area contributed by atoms with Crippen molar-refractivity contribution in [2.75, 3.05) is 5.32 Å². The van der Waals surface area contributed by atoms with Crippen LogP contribution in [0.4, 0.5) is 10.1 Å². The highest BCUT2D eigenvalue weighted by Gasteiger charge is 2.11. The first-order valence-electron chi connectivity index (χ1n) is 5.73. The second kappa shape index (κ2) is 5.40. The molecule has 0 saturated heterocycles. The molecule has 6 heteroatoms. The molecule has 2 aromatic rings. The molecular weight excluding hydrogens is 269 g/mol. The Morgan fingerprint density at radius 1 is 1.47 bits per heavy atom. The first kappa shape index (κ1) is 13.5. The summed E-state index contributed by atoms with van der Waals surface area (Å²) < 4.78 is 14.3. The van der Waals surface area contributed by atoms with E-state index in [2.05, 4.69) is 10.4 Å². The van der Waals surface area contributed by atoms with Crippen LogP contribution in [0, 0.1) is 5.82 Å². The number of anilines is 1. The van der Waals surface area contributed by atoms with E-state index < -0.39 is 0 Å². The fraction of sp³-hybridized carbons (Fsp3) is 0.231. The first-order valence-corrected chi connectivity index (χ1v) is 6.10. The number of nitrogens with one attached hydrogen (secondary N) is 1. The minimum atomic E-state index is -0.377. The summed E-state index contributed by atoms with van der Waals surface area (Å²) in [6, 6.07) is 6.04. The summed E-state index contributed by atoms with van der Waals surface area (Å²) >= 11 is 5.95. The van der Waals surface area contributed by atoms with Crippen LogP contribution in [0.5, 0.6) is 0 Å². The van der Waals surface area contributed by atoms with E-state index in [1.54, 1.807) is 12.1 Å². The summed E-state index contributed by atoms with van der Waals surface area (Å²) in [7, 11) is 1.52. The summed E-state index contributed by atoms with van der Waals surface area (Å²) in [4.78, 5) is 11.6. The second-order valence-corrected chi connectivity index (χ2v) is 4.60. The van der Waals surface area contributed by atoms with Crippen molar-refractivity contribution < 1.29 is 4.39 Å². The third kappa shape index (κ3) is 2.93. The van der Waals surface area contributed by atoms with E-state index in [0.717, 1.165) is 10.2 Å². The molecule has 0 fully saturated rings. The molecule has 1 aromatic heterocycles. The van der Waals surface area contributed by atoms with Crippen molar-refractivity contribution in [3.8, 4) is 0 Å². The molecule has 4 nitrogen and oxygen atoms in total. The van der Waals surface area contributed by atoms with Crippen molar-refractivity contribution in [3.63, 3.8) is 0 Å². The van der Waals surface area contributed by atoms with Gasteiger partial charge in [-0.1, -0.05) is 23.7 Å². The van der Waals surface area contributed by atoms with Crippen molar-refractivity contribution >= 4 is 17.3 Å². The van der Waals surface area contributed by atoms with Crippen molar-refractivity contribution in [2.24, 2.45) is 7.05 Å². The largest absolute Gasteiger partial charge is 0.376 e. The molecular formula is C13H13ClFN3O. The highest BCUT2D eigenvalue weighted by Crippen LogP contribution is 2.22. The zero-order valence-corrected chi connectivity index (χ0v) is 11.3. The Labute approximate surface area is 114 Å². The SMILES string of the molecule is CC(Nc1cnn(C)c(=O)c1Cl)c1cccc(F)c1. The van der Waals surface area contributed by atoms with Crippen LogP contribution in [0.15, 0.2) is 35.3 Å². The van der Waals surface area contributed by atoms with Gasteiger partial charge in [-0.25, -0.2) is 9.07 Å². The predicted octanol–water partition coefficient (Wildman–Crippen LogP) is 2.75. The van der Waals surface area contributed by atoms with Gasteiger partial charge in [-0.15, -0.1) is 0 Å². The molecule has 0 saturated carbocycles. The van der Waals surface area contributed by atoms with Crippen LogP contribution in [0.25, 0.3) is 0 Å². The highest BCUT2D eigenvalue weighted by molar-refractivity contribution is 6.32. The average Bonchev–Trinajstić information content (AvgIpc) is 2.39. The van der Waals surface area contributed by atoms with E-state index in [-0.39, 0.29) is 22.4 Å². The minimum Gasteiger partial charge on any atom is -0.376 e. The first-order chi connectivity index (χ1) is 8.99. The maximum Gasteiger partial charge on any atom is 0.287 e. The Hall–Kier alpha value is -1.88. The number of aromatic nitrogens is 2. The van der Waals surface area contributed by atoms with Gasteiger partial charge in [0.2, 0.25) is 0 Å². The number of hydrogen-bond acceptors (Lipinski definition) is 3. The van der Waals surface area contributed by atoms with E-state index in [1.165, 1.54) is 25.4 Å². The number of hydrogen-bond donors (Lipinski definition) is 1. The van der Waals surface area contributed by atoms with E-state index in [9.17, 15) is 9.18 Å². The third-order valence-electron chi connectivity index (χ3n) is 2.80. The van der Waals surface area contributed by atoms with Crippen LogP contribution in [0.1, 0.15) is 18.5 Å². The molecule has 1 unspecified atom stereocenters. The molecule has 0 aliphatic rings. The van der Waals surface area contributed by atoms with Gasteiger partial charge in [-0.3, -0.25) is 4.79 Å². The van der Waals surface area contributed by atoms with Gasteiger partial charge in [0.25, 0.3) is 5.56 Å². The summed E-state index contributed by atoms with van der Waals surface area (Å²) in [5.41, 5.74) is 0.816. The van der Waals surface area contributed by atoms with Crippen molar-refractivity contribution in [3.05, 3.63) is 57.2 Å². The van der Waals surface area contributed by atoms with Gasteiger partial charge in [0.05, 0.1) is 11.9 Å². The van der Waals surface area contributed by atoms with Crippen molar-refractivity contribution in [1.82, 2.24) is 9.78 Å². The van der Waals surface area contributed by atoms with Gasteiger partial charge in [0.1, 0.15) is 10.8 Å². The Kier molecular flexibility index (Phi) is 3.85. The number of halogens is 2. The van der Waals surface area contributed by atoms with Gasteiger partial charge in [-0.2, -0.15) is 5.10 Å². The summed E-state index contributed by atoms with van der Waals surface area (Å²) in [5, 5.41) is 7.00. The van der Waals surface area contributed by atoms with E-state index in [0.29, 0.717) is 5.69 Å². The average molecular weight is 282 g/mol. The Balaban J connectivity index is 2.27. The molecule has 1 aromatic carbocycles. The molecule has 100 valence electrons. The molecule has 0 aliphatic carbocycles. The lowest BCUT2D eigenvalue weighted by Gasteiger charge is -2.16. The van der Waals surface area contributed by atoms with Gasteiger partial charge in [0, 0.05) is 13.1 Å². The van der Waals surface area contributed by atoms with Crippen LogP contribution >= 0.6 is 11.6 Å². The van der Waals surface area contributed by atoms with Crippen LogP contribution in [-0.2, 0) is 7.05 Å². The zero-order chi connectivity index (χ0) is 14.0. The number of nitrogens with zero attached hydrogens (tertiary/aromatic N) is 2. The van der Waals surface area contributed by atoms with E-state index in [1.807, 2.05) is 6.92 Å². The maximum absolute atomic E-state index is 13.1. The molecule has 2 rings (SSSR count). The number of rotatable bonds is 3. The molecule has 1 atom stereocenters. The Bertz CT molecular complexity index is 657. The van der Waals surface area contributed by atoms with Crippen LogP contribution in [0.3, 0.4) is 0 Å². The smallest absolute Gasteiger partial charge is 0.287 e. The molecule has 0 spiro atoms. The van der Waals surface area contributed by atoms with E-state index >= 15 is 0 Å². The molecule has 1 heterocycles. The second-order valence-electron chi connectivity index (χ2n) is 4.22. The van der Waals surface area contributed by atoms with Gasteiger partial charge >= 0.3 is 0 Å². The summed E-state index contributed by atoms with van der Waals surface area (Å²) in [6.45, 7) is 1.85. The molecule has 19 heavy (non-hydrogen) atoms. The van der Waals surface area contributed by atoms with Crippen LogP contribution in [-0.4, -0.2) is 9.78 Å². The fourth-order valence-electron chi connectivity index (χ4n) is 1.70. The third-order valence-corrected chi connectivity index (χ3v) is 3.16. The summed E-state index contributed by atoms with van der Waals surface area (Å²) in [5.74, 6) is -0.306. The summed E-state index contributed by atoms with van der Waals surface area (Å²) in [6.07, 6.45) is 1.47. The van der Waals surface area contributed by atoms with Gasteiger partial charge in [-0.05, 0) is 24.6 Å². The quantitative estimate of drug-likeness (QED) is 0.941. The monoisotopic (exact) mass is 281 g/mol. The number of benzene rings is 1. The van der Waals surface area contributed by atoms with Crippen LogP contribution in [0.2, 0.25) is 5.02 Å². The lowest BCUT2D eigenvalue weighted by atomic mass is 10.1. The molecule has 0 bridgehead atoms. The minimum absolute atomic E-state index is 0.0701. The highest BCUT2D eigenvalue weighted by atomic mass is 35.5. The number of aryl methyl sites for hydroxylation is 1. The maximum atomic E-state index is 13.1.